The first-order valence-corrected chi connectivity index (χ1v) is 11.0. The van der Waals surface area contributed by atoms with Crippen LogP contribution < -0.4 is 4.74 Å². The van der Waals surface area contributed by atoms with Crippen LogP contribution >= 0.6 is 22.7 Å². The molecule has 0 radical (unpaired) electrons. The molecular weight excluding hydrogens is 374 g/mol. The molecule has 0 spiro atoms. The lowest BCUT2D eigenvalue weighted by atomic mass is 10.3. The number of hydrogen-bond acceptors (Lipinski definition) is 5. The Morgan fingerprint density at radius 1 is 0.960 bits per heavy atom. The molecule has 0 aliphatic carbocycles. The van der Waals surface area contributed by atoms with Crippen LogP contribution in [0.1, 0.15) is 9.75 Å². The van der Waals surface area contributed by atoms with Crippen LogP contribution in [0.3, 0.4) is 0 Å². The van der Waals surface area contributed by atoms with E-state index in [1.54, 1.807) is 58.4 Å². The summed E-state index contributed by atoms with van der Waals surface area (Å²) in [7, 11) is -2.00. The Morgan fingerprint density at radius 3 is 2.16 bits per heavy atom. The molecule has 0 N–H and O–H groups in total. The molecule has 1 aromatic carbocycles. The molecule has 25 heavy (non-hydrogen) atoms. The lowest BCUT2D eigenvalue weighted by Crippen LogP contribution is -2.32. The van der Waals surface area contributed by atoms with E-state index in [-0.39, 0.29) is 4.90 Å². The van der Waals surface area contributed by atoms with Crippen LogP contribution in [-0.4, -0.2) is 26.4 Å². The molecule has 0 bridgehead atoms. The summed E-state index contributed by atoms with van der Waals surface area (Å²) >= 11 is 3.22. The van der Waals surface area contributed by atoms with Crippen LogP contribution in [-0.2, 0) is 23.0 Å². The molecule has 0 saturated carbocycles. The number of rotatable bonds is 8. The van der Waals surface area contributed by atoms with Crippen molar-refractivity contribution in [1.29, 1.82) is 0 Å². The number of hydrogen-bond donors (Lipinski definition) is 0. The molecule has 7 heteroatoms. The summed E-state index contributed by atoms with van der Waals surface area (Å²) in [4.78, 5) is 2.50. The van der Waals surface area contributed by atoms with Crippen molar-refractivity contribution >= 4 is 32.7 Å². The Hall–Kier alpha value is -1.67. The van der Waals surface area contributed by atoms with Crippen molar-refractivity contribution in [2.24, 2.45) is 0 Å². The first kappa shape index (κ1) is 18.1. The monoisotopic (exact) mass is 393 g/mol. The van der Waals surface area contributed by atoms with Gasteiger partial charge < -0.3 is 4.74 Å². The summed E-state index contributed by atoms with van der Waals surface area (Å²) in [6.07, 6.45) is 0.707. The van der Waals surface area contributed by atoms with E-state index in [9.17, 15) is 8.42 Å². The maximum absolute atomic E-state index is 13.1. The molecule has 0 unspecified atom stereocenters. The molecule has 2 heterocycles. The molecule has 0 fully saturated rings. The van der Waals surface area contributed by atoms with Gasteiger partial charge in [0.1, 0.15) is 5.75 Å². The van der Waals surface area contributed by atoms with Crippen LogP contribution in [0.4, 0.5) is 0 Å². The van der Waals surface area contributed by atoms with Gasteiger partial charge in [-0.3, -0.25) is 0 Å². The third-order valence-corrected chi connectivity index (χ3v) is 7.45. The Morgan fingerprint density at radius 2 is 1.60 bits per heavy atom. The highest BCUT2D eigenvalue weighted by Gasteiger charge is 2.25. The lowest BCUT2D eigenvalue weighted by molar-refractivity contribution is 0.410. The van der Waals surface area contributed by atoms with E-state index >= 15 is 0 Å². The zero-order valence-electron chi connectivity index (χ0n) is 13.8. The van der Waals surface area contributed by atoms with Gasteiger partial charge in [-0.25, -0.2) is 8.42 Å². The van der Waals surface area contributed by atoms with Gasteiger partial charge in [0.25, 0.3) is 0 Å². The normalized spacial score (nSPS) is 11.8. The van der Waals surface area contributed by atoms with E-state index in [2.05, 4.69) is 0 Å². The summed E-state index contributed by atoms with van der Waals surface area (Å²) in [6, 6.07) is 14.5. The van der Waals surface area contributed by atoms with Gasteiger partial charge in [-0.05, 0) is 53.6 Å². The second kappa shape index (κ2) is 8.14. The highest BCUT2D eigenvalue weighted by molar-refractivity contribution is 7.89. The molecule has 4 nitrogen and oxygen atoms in total. The Balaban J connectivity index is 1.84. The number of nitrogens with zero attached hydrogens (tertiary/aromatic N) is 1. The lowest BCUT2D eigenvalue weighted by Gasteiger charge is -2.21. The largest absolute Gasteiger partial charge is 0.497 e. The van der Waals surface area contributed by atoms with Gasteiger partial charge in [-0.1, -0.05) is 12.1 Å². The Kier molecular flexibility index (Phi) is 5.90. The average molecular weight is 394 g/mol. The molecule has 2 aromatic heterocycles. The molecule has 0 saturated heterocycles. The minimum atomic E-state index is -3.57. The smallest absolute Gasteiger partial charge is 0.243 e. The Bertz CT molecular complexity index is 870. The molecule has 0 aliphatic heterocycles. The van der Waals surface area contributed by atoms with E-state index in [0.717, 1.165) is 4.88 Å². The van der Waals surface area contributed by atoms with Crippen molar-refractivity contribution < 1.29 is 13.2 Å². The summed E-state index contributed by atoms with van der Waals surface area (Å²) in [5.41, 5.74) is 0. The molecular formula is C18H19NO3S3. The molecule has 0 amide bonds. The standard InChI is InChI=1S/C18H19NO3S3/c1-22-15-6-8-18(9-7-15)25(20,21)19(14-17-5-3-13-24-17)11-10-16-4-2-12-23-16/h2-9,12-13H,10-11,14H2,1H3. The van der Waals surface area contributed by atoms with Gasteiger partial charge in [0, 0.05) is 22.8 Å². The molecule has 3 rings (SSSR count). The third kappa shape index (κ3) is 4.49. The van der Waals surface area contributed by atoms with Crippen molar-refractivity contribution in [3.63, 3.8) is 0 Å². The van der Waals surface area contributed by atoms with Crippen LogP contribution in [0.15, 0.2) is 64.2 Å². The fourth-order valence-corrected chi connectivity index (χ4v) is 5.37. The maximum atomic E-state index is 13.1. The molecule has 0 atom stereocenters. The molecule has 0 aliphatic rings. The number of thiophene rings is 2. The van der Waals surface area contributed by atoms with Crippen molar-refractivity contribution in [1.82, 2.24) is 4.31 Å². The van der Waals surface area contributed by atoms with Gasteiger partial charge in [-0.2, -0.15) is 4.31 Å². The van der Waals surface area contributed by atoms with Crippen molar-refractivity contribution in [2.45, 2.75) is 17.9 Å². The van der Waals surface area contributed by atoms with Gasteiger partial charge >= 0.3 is 0 Å². The van der Waals surface area contributed by atoms with Crippen LogP contribution in [0.25, 0.3) is 0 Å². The second-order valence-electron chi connectivity index (χ2n) is 5.42. The van der Waals surface area contributed by atoms with Crippen molar-refractivity contribution in [2.75, 3.05) is 13.7 Å². The zero-order chi connectivity index (χ0) is 17.7. The van der Waals surface area contributed by atoms with E-state index in [4.69, 9.17) is 4.74 Å². The molecule has 132 valence electrons. The van der Waals surface area contributed by atoms with E-state index in [1.165, 1.54) is 4.88 Å². The van der Waals surface area contributed by atoms with Gasteiger partial charge in [0.05, 0.1) is 12.0 Å². The van der Waals surface area contributed by atoms with Crippen LogP contribution in [0.5, 0.6) is 5.75 Å². The van der Waals surface area contributed by atoms with E-state index in [0.29, 0.717) is 25.3 Å². The van der Waals surface area contributed by atoms with E-state index < -0.39 is 10.0 Å². The summed E-state index contributed by atoms with van der Waals surface area (Å²) < 4.78 is 32.9. The summed E-state index contributed by atoms with van der Waals surface area (Å²) in [5.74, 6) is 0.641. The first-order valence-electron chi connectivity index (χ1n) is 7.78. The topological polar surface area (TPSA) is 46.6 Å². The third-order valence-electron chi connectivity index (χ3n) is 3.80. The first-order chi connectivity index (χ1) is 12.1. The van der Waals surface area contributed by atoms with Crippen LogP contribution in [0.2, 0.25) is 0 Å². The second-order valence-corrected chi connectivity index (χ2v) is 9.43. The summed E-state index contributed by atoms with van der Waals surface area (Å²) in [6.45, 7) is 0.837. The highest BCUT2D eigenvalue weighted by Crippen LogP contribution is 2.23. The number of sulfonamides is 1. The minimum absolute atomic E-state index is 0.288. The van der Waals surface area contributed by atoms with Crippen molar-refractivity contribution in [3.05, 3.63) is 69.0 Å². The maximum Gasteiger partial charge on any atom is 0.243 e. The average Bonchev–Trinajstić information content (AvgIpc) is 3.32. The number of methoxy groups -OCH3 is 1. The number of benzene rings is 1. The molecule has 3 aromatic rings. The fraction of sp³-hybridized carbons (Fsp3) is 0.222. The van der Waals surface area contributed by atoms with Gasteiger partial charge in [0.2, 0.25) is 10.0 Å². The SMILES string of the molecule is COc1ccc(S(=O)(=O)N(CCc2cccs2)Cc2cccs2)cc1. The van der Waals surface area contributed by atoms with Gasteiger partial charge in [0.15, 0.2) is 0 Å². The fourth-order valence-electron chi connectivity index (χ4n) is 2.45. The number of ether oxygens (including phenoxy) is 1. The highest BCUT2D eigenvalue weighted by atomic mass is 32.2. The van der Waals surface area contributed by atoms with Crippen molar-refractivity contribution in [3.8, 4) is 5.75 Å². The van der Waals surface area contributed by atoms with Crippen LogP contribution in [0, 0.1) is 0 Å². The summed E-state index contributed by atoms with van der Waals surface area (Å²) in [5, 5.41) is 3.98. The minimum Gasteiger partial charge on any atom is -0.497 e. The predicted octanol–water partition coefficient (Wildman–Crippen LogP) is 4.25. The zero-order valence-corrected chi connectivity index (χ0v) is 16.2. The predicted molar refractivity (Wildman–Crippen MR) is 103 cm³/mol. The van der Waals surface area contributed by atoms with E-state index in [1.807, 2.05) is 35.0 Å². The van der Waals surface area contributed by atoms with Gasteiger partial charge in [-0.15, -0.1) is 22.7 Å². The Labute approximate surface area is 156 Å². The quantitative estimate of drug-likeness (QED) is 0.575.